The first-order valence-electron chi connectivity index (χ1n) is 8.35. The van der Waals surface area contributed by atoms with E-state index in [2.05, 4.69) is 21.2 Å². The summed E-state index contributed by atoms with van der Waals surface area (Å²) in [6.07, 6.45) is 2.97. The third-order valence-electron chi connectivity index (χ3n) is 3.84. The molecule has 0 spiro atoms. The fourth-order valence-electron chi connectivity index (χ4n) is 2.51. The van der Waals surface area contributed by atoms with Crippen molar-refractivity contribution in [3.63, 3.8) is 0 Å². The average Bonchev–Trinajstić information content (AvgIpc) is 2.65. The fraction of sp³-hybridized carbons (Fsp3) is 0.150. The Hall–Kier alpha value is -3.13. The number of nitrogens with one attached hydrogen (secondary N) is 1. The van der Waals surface area contributed by atoms with Gasteiger partial charge in [-0.05, 0) is 51.8 Å². The molecule has 1 aliphatic rings. The van der Waals surface area contributed by atoms with Gasteiger partial charge >= 0.3 is 5.97 Å². The van der Waals surface area contributed by atoms with Crippen LogP contribution in [0.1, 0.15) is 22.3 Å². The third kappa shape index (κ3) is 4.98. The molecule has 8 heteroatoms. The van der Waals surface area contributed by atoms with Crippen LogP contribution >= 0.6 is 15.9 Å². The highest BCUT2D eigenvalue weighted by Gasteiger charge is 2.19. The fourth-order valence-corrected chi connectivity index (χ4v) is 3.05. The molecule has 2 N–H and O–H groups in total. The number of carboxylic acid groups (broad SMARTS) is 1. The van der Waals surface area contributed by atoms with Crippen molar-refractivity contribution in [3.05, 3.63) is 58.1 Å². The van der Waals surface area contributed by atoms with Gasteiger partial charge in [0.1, 0.15) is 11.5 Å². The number of rotatable bonds is 7. The van der Waals surface area contributed by atoms with Gasteiger partial charge in [-0.15, -0.1) is 0 Å². The molecule has 0 fully saturated rings. The van der Waals surface area contributed by atoms with Crippen molar-refractivity contribution in [1.29, 1.82) is 0 Å². The molecule has 7 nitrogen and oxygen atoms in total. The zero-order valence-electron chi connectivity index (χ0n) is 14.6. The van der Waals surface area contributed by atoms with Crippen LogP contribution in [0, 0.1) is 0 Å². The first-order valence-corrected chi connectivity index (χ1v) is 9.15. The van der Waals surface area contributed by atoms with E-state index in [-0.39, 0.29) is 31.3 Å². The molecule has 0 bridgehead atoms. The lowest BCUT2D eigenvalue weighted by Crippen LogP contribution is -2.25. The molecule has 28 heavy (non-hydrogen) atoms. The number of benzene rings is 2. The average molecular weight is 446 g/mol. The largest absolute Gasteiger partial charge is 0.493 e. The number of amides is 1. The number of carbonyl (C=O) groups excluding carboxylic acids is 2. The molecule has 1 amide bonds. The van der Waals surface area contributed by atoms with E-state index in [0.29, 0.717) is 27.2 Å². The number of hydrogen-bond acceptors (Lipinski definition) is 5. The highest BCUT2D eigenvalue weighted by atomic mass is 79.9. The van der Waals surface area contributed by atoms with Gasteiger partial charge in [0.25, 0.3) is 5.91 Å². The lowest BCUT2D eigenvalue weighted by Gasteiger charge is -2.19. The summed E-state index contributed by atoms with van der Waals surface area (Å²) in [6.45, 7) is -0.0210. The Labute approximate surface area is 169 Å². The minimum Gasteiger partial charge on any atom is -0.493 e. The van der Waals surface area contributed by atoms with E-state index in [0.717, 1.165) is 5.56 Å². The van der Waals surface area contributed by atoms with Gasteiger partial charge in [0.05, 0.1) is 18.7 Å². The van der Waals surface area contributed by atoms with E-state index in [1.165, 1.54) is 6.08 Å². The number of carboxylic acids is 1. The van der Waals surface area contributed by atoms with Gasteiger partial charge in [0.2, 0.25) is 0 Å². The molecular formula is C20H16BrNO6. The summed E-state index contributed by atoms with van der Waals surface area (Å²) >= 11 is 3.34. The number of carbonyl (C=O) groups is 3. The number of halogens is 1. The van der Waals surface area contributed by atoms with Crippen molar-refractivity contribution in [1.82, 2.24) is 0 Å². The lowest BCUT2D eigenvalue weighted by atomic mass is 10.1. The first-order chi connectivity index (χ1) is 13.4. The second-order valence-electron chi connectivity index (χ2n) is 5.93. The first kappa shape index (κ1) is 19.6. The molecule has 0 aliphatic carbocycles. The van der Waals surface area contributed by atoms with Gasteiger partial charge < -0.3 is 19.9 Å². The Balaban J connectivity index is 1.72. The molecule has 0 radical (unpaired) electrons. The Kier molecular flexibility index (Phi) is 6.10. The molecule has 144 valence electrons. The SMILES string of the molecule is O=C(O)CCOc1cccc(/C=C/C(=O)c2cc3c(cc2Br)NC(=O)CO3)c1. The van der Waals surface area contributed by atoms with E-state index >= 15 is 0 Å². The third-order valence-corrected chi connectivity index (χ3v) is 4.49. The zero-order valence-corrected chi connectivity index (χ0v) is 16.2. The lowest BCUT2D eigenvalue weighted by molar-refractivity contribution is -0.137. The van der Waals surface area contributed by atoms with Crippen LogP contribution < -0.4 is 14.8 Å². The Morgan fingerprint density at radius 2 is 2.11 bits per heavy atom. The number of ether oxygens (including phenoxy) is 2. The summed E-state index contributed by atoms with van der Waals surface area (Å²) in [5.74, 6) is -0.458. The molecule has 0 aromatic heterocycles. The minimum atomic E-state index is -0.930. The number of ketones is 1. The summed E-state index contributed by atoms with van der Waals surface area (Å²) in [6, 6.07) is 10.2. The van der Waals surface area contributed by atoms with E-state index in [1.54, 1.807) is 42.5 Å². The molecule has 1 aliphatic heterocycles. The topological polar surface area (TPSA) is 102 Å². The summed E-state index contributed by atoms with van der Waals surface area (Å²) in [7, 11) is 0. The quantitative estimate of drug-likeness (QED) is 0.499. The summed E-state index contributed by atoms with van der Waals surface area (Å²) in [5, 5.41) is 11.3. The van der Waals surface area contributed by atoms with Gasteiger partial charge in [-0.25, -0.2) is 0 Å². The summed E-state index contributed by atoms with van der Waals surface area (Å²) in [5.41, 5.74) is 1.65. The highest BCUT2D eigenvalue weighted by molar-refractivity contribution is 9.10. The maximum absolute atomic E-state index is 12.6. The van der Waals surface area contributed by atoms with Gasteiger partial charge in [0, 0.05) is 10.0 Å². The van der Waals surface area contributed by atoms with E-state index in [4.69, 9.17) is 14.6 Å². The Morgan fingerprint density at radius 3 is 2.89 bits per heavy atom. The number of allylic oxidation sites excluding steroid dienone is 1. The number of hydrogen-bond donors (Lipinski definition) is 2. The van der Waals surface area contributed by atoms with Crippen molar-refractivity contribution in [3.8, 4) is 11.5 Å². The van der Waals surface area contributed by atoms with Gasteiger partial charge in [-0.1, -0.05) is 18.2 Å². The van der Waals surface area contributed by atoms with Crippen LogP contribution in [-0.4, -0.2) is 36.0 Å². The van der Waals surface area contributed by atoms with Crippen molar-refractivity contribution in [2.24, 2.45) is 0 Å². The van der Waals surface area contributed by atoms with Crippen LogP contribution in [-0.2, 0) is 9.59 Å². The summed E-state index contributed by atoms with van der Waals surface area (Å²) in [4.78, 5) is 34.5. The van der Waals surface area contributed by atoms with Gasteiger partial charge in [-0.3, -0.25) is 14.4 Å². The summed E-state index contributed by atoms with van der Waals surface area (Å²) < 4.78 is 11.3. The Bertz CT molecular complexity index is 969. The standard InChI is InChI=1S/C20H16BrNO6/c21-15-10-16-18(28-11-19(24)22-16)9-14(15)17(23)5-4-12-2-1-3-13(8-12)27-7-6-20(25)26/h1-5,8-10H,6-7,11H2,(H,22,24)(H,25,26)/b5-4+. The van der Waals surface area contributed by atoms with Crippen molar-refractivity contribution in [2.45, 2.75) is 6.42 Å². The molecule has 0 atom stereocenters. The number of aliphatic carboxylic acids is 1. The molecular weight excluding hydrogens is 430 g/mol. The molecule has 0 saturated carbocycles. The monoisotopic (exact) mass is 445 g/mol. The second-order valence-corrected chi connectivity index (χ2v) is 6.78. The van der Waals surface area contributed by atoms with Crippen LogP contribution in [0.4, 0.5) is 5.69 Å². The van der Waals surface area contributed by atoms with Gasteiger partial charge in [-0.2, -0.15) is 0 Å². The molecule has 2 aromatic carbocycles. The van der Waals surface area contributed by atoms with Crippen LogP contribution in [0.15, 0.2) is 46.9 Å². The van der Waals surface area contributed by atoms with Crippen molar-refractivity contribution < 1.29 is 29.0 Å². The van der Waals surface area contributed by atoms with Crippen LogP contribution in [0.3, 0.4) is 0 Å². The maximum Gasteiger partial charge on any atom is 0.306 e. The molecule has 0 saturated heterocycles. The molecule has 3 rings (SSSR count). The van der Waals surface area contributed by atoms with E-state index < -0.39 is 5.97 Å². The smallest absolute Gasteiger partial charge is 0.306 e. The predicted molar refractivity (Wildman–Crippen MR) is 106 cm³/mol. The van der Waals surface area contributed by atoms with E-state index in [9.17, 15) is 14.4 Å². The number of fused-ring (bicyclic) bond motifs is 1. The van der Waals surface area contributed by atoms with Crippen LogP contribution in [0.5, 0.6) is 11.5 Å². The molecule has 1 heterocycles. The Morgan fingerprint density at radius 1 is 1.29 bits per heavy atom. The minimum absolute atomic E-state index is 0.0695. The van der Waals surface area contributed by atoms with Crippen molar-refractivity contribution in [2.75, 3.05) is 18.5 Å². The zero-order chi connectivity index (χ0) is 20.1. The second kappa shape index (κ2) is 8.71. The van der Waals surface area contributed by atoms with Crippen LogP contribution in [0.25, 0.3) is 6.08 Å². The van der Waals surface area contributed by atoms with Crippen LogP contribution in [0.2, 0.25) is 0 Å². The molecule has 2 aromatic rings. The normalized spacial score (nSPS) is 12.8. The maximum atomic E-state index is 12.6. The predicted octanol–water partition coefficient (Wildman–Crippen LogP) is 3.53. The number of anilines is 1. The van der Waals surface area contributed by atoms with Crippen molar-refractivity contribution >= 4 is 45.4 Å². The molecule has 0 unspecified atom stereocenters. The van der Waals surface area contributed by atoms with Gasteiger partial charge in [0.15, 0.2) is 12.4 Å². The highest BCUT2D eigenvalue weighted by Crippen LogP contribution is 2.34. The van der Waals surface area contributed by atoms with E-state index in [1.807, 2.05) is 0 Å².